The second kappa shape index (κ2) is 7.21. The maximum Gasteiger partial charge on any atom is 0.389 e. The van der Waals surface area contributed by atoms with Crippen molar-refractivity contribution in [1.82, 2.24) is 5.32 Å². The fourth-order valence-electron chi connectivity index (χ4n) is 1.60. The summed E-state index contributed by atoms with van der Waals surface area (Å²) >= 11 is 0. The van der Waals surface area contributed by atoms with E-state index in [1.165, 1.54) is 0 Å². The molecule has 0 spiro atoms. The van der Waals surface area contributed by atoms with Crippen LogP contribution >= 0.6 is 0 Å². The van der Waals surface area contributed by atoms with Gasteiger partial charge in [0, 0.05) is 19.6 Å². The number of hydrogen-bond acceptors (Lipinski definition) is 2. The van der Waals surface area contributed by atoms with Crippen LogP contribution in [-0.2, 0) is 4.74 Å². The summed E-state index contributed by atoms with van der Waals surface area (Å²) in [4.78, 5) is 0. The SMILES string of the molecule is CCNC(CCC(F)(F)F)CCC(C)(C)OC. The molecule has 0 aliphatic heterocycles. The summed E-state index contributed by atoms with van der Waals surface area (Å²) in [5.74, 6) is 0. The van der Waals surface area contributed by atoms with Gasteiger partial charge in [-0.05, 0) is 39.7 Å². The van der Waals surface area contributed by atoms with Gasteiger partial charge >= 0.3 is 6.18 Å². The maximum atomic E-state index is 12.1. The van der Waals surface area contributed by atoms with Crippen molar-refractivity contribution >= 4 is 0 Å². The van der Waals surface area contributed by atoms with E-state index in [2.05, 4.69) is 5.32 Å². The summed E-state index contributed by atoms with van der Waals surface area (Å²) in [5, 5.41) is 3.10. The first kappa shape index (κ1) is 16.7. The Hall–Kier alpha value is -0.290. The molecule has 104 valence electrons. The molecular weight excluding hydrogens is 231 g/mol. The van der Waals surface area contributed by atoms with Crippen LogP contribution in [0.2, 0.25) is 0 Å². The van der Waals surface area contributed by atoms with E-state index in [1.807, 2.05) is 20.8 Å². The summed E-state index contributed by atoms with van der Waals surface area (Å²) in [7, 11) is 1.62. The van der Waals surface area contributed by atoms with Gasteiger partial charge < -0.3 is 10.1 Å². The monoisotopic (exact) mass is 255 g/mol. The van der Waals surface area contributed by atoms with E-state index >= 15 is 0 Å². The Morgan fingerprint density at radius 3 is 2.06 bits per heavy atom. The quantitative estimate of drug-likeness (QED) is 0.716. The Kier molecular flexibility index (Phi) is 7.09. The van der Waals surface area contributed by atoms with Gasteiger partial charge in [0.1, 0.15) is 0 Å². The van der Waals surface area contributed by atoms with Gasteiger partial charge in [-0.1, -0.05) is 6.92 Å². The average molecular weight is 255 g/mol. The first-order valence-electron chi connectivity index (χ1n) is 6.05. The molecule has 0 amide bonds. The third kappa shape index (κ3) is 9.41. The van der Waals surface area contributed by atoms with Crippen molar-refractivity contribution < 1.29 is 17.9 Å². The Bertz CT molecular complexity index is 204. The highest BCUT2D eigenvalue weighted by Gasteiger charge is 2.28. The van der Waals surface area contributed by atoms with Gasteiger partial charge in [-0.2, -0.15) is 13.2 Å². The highest BCUT2D eigenvalue weighted by Crippen LogP contribution is 2.24. The molecule has 0 saturated heterocycles. The molecule has 0 saturated carbocycles. The molecule has 17 heavy (non-hydrogen) atoms. The van der Waals surface area contributed by atoms with Crippen LogP contribution in [0.15, 0.2) is 0 Å². The van der Waals surface area contributed by atoms with Crippen molar-refractivity contribution in [2.75, 3.05) is 13.7 Å². The van der Waals surface area contributed by atoms with E-state index in [0.717, 1.165) is 6.42 Å². The number of nitrogens with one attached hydrogen (secondary N) is 1. The number of hydrogen-bond donors (Lipinski definition) is 1. The van der Waals surface area contributed by atoms with Crippen LogP contribution in [0, 0.1) is 0 Å². The van der Waals surface area contributed by atoms with E-state index in [4.69, 9.17) is 4.74 Å². The third-order valence-electron chi connectivity index (χ3n) is 2.92. The molecule has 5 heteroatoms. The van der Waals surface area contributed by atoms with E-state index in [-0.39, 0.29) is 18.1 Å². The maximum absolute atomic E-state index is 12.1. The molecule has 0 rings (SSSR count). The lowest BCUT2D eigenvalue weighted by Crippen LogP contribution is -2.33. The fraction of sp³-hybridized carbons (Fsp3) is 1.00. The van der Waals surface area contributed by atoms with Crippen molar-refractivity contribution in [2.45, 2.75) is 64.3 Å². The van der Waals surface area contributed by atoms with Crippen LogP contribution in [0.25, 0.3) is 0 Å². The van der Waals surface area contributed by atoms with E-state index in [9.17, 15) is 13.2 Å². The molecule has 1 atom stereocenters. The van der Waals surface area contributed by atoms with E-state index in [0.29, 0.717) is 13.0 Å². The lowest BCUT2D eigenvalue weighted by molar-refractivity contribution is -0.136. The molecule has 2 nitrogen and oxygen atoms in total. The first-order chi connectivity index (χ1) is 7.70. The van der Waals surface area contributed by atoms with Gasteiger partial charge in [-0.25, -0.2) is 0 Å². The number of halogens is 3. The summed E-state index contributed by atoms with van der Waals surface area (Å²) < 4.78 is 41.7. The molecule has 0 heterocycles. The van der Waals surface area contributed by atoms with Crippen molar-refractivity contribution in [3.63, 3.8) is 0 Å². The third-order valence-corrected chi connectivity index (χ3v) is 2.92. The highest BCUT2D eigenvalue weighted by molar-refractivity contribution is 4.75. The highest BCUT2D eigenvalue weighted by atomic mass is 19.4. The minimum atomic E-state index is -4.07. The average Bonchev–Trinajstić information content (AvgIpc) is 2.21. The molecule has 0 aliphatic rings. The minimum absolute atomic E-state index is 0.0870. The van der Waals surface area contributed by atoms with Crippen LogP contribution in [0.5, 0.6) is 0 Å². The lowest BCUT2D eigenvalue weighted by atomic mass is 9.96. The lowest BCUT2D eigenvalue weighted by Gasteiger charge is -2.26. The van der Waals surface area contributed by atoms with Crippen molar-refractivity contribution in [1.29, 1.82) is 0 Å². The predicted molar refractivity (Wildman–Crippen MR) is 63.1 cm³/mol. The zero-order chi connectivity index (χ0) is 13.5. The predicted octanol–water partition coefficient (Wildman–Crippen LogP) is 3.51. The van der Waals surface area contributed by atoms with Gasteiger partial charge in [-0.15, -0.1) is 0 Å². The second-order valence-corrected chi connectivity index (χ2v) is 4.91. The van der Waals surface area contributed by atoms with Crippen LogP contribution in [0.1, 0.15) is 46.5 Å². The van der Waals surface area contributed by atoms with Crippen molar-refractivity contribution in [3.8, 4) is 0 Å². The Labute approximate surface area is 102 Å². The summed E-state index contributed by atoms with van der Waals surface area (Å²) in [6.07, 6.45) is -3.20. The van der Waals surface area contributed by atoms with Crippen LogP contribution in [0.4, 0.5) is 13.2 Å². The molecule has 1 unspecified atom stereocenters. The second-order valence-electron chi connectivity index (χ2n) is 4.91. The van der Waals surface area contributed by atoms with Gasteiger partial charge in [0.05, 0.1) is 5.60 Å². The smallest absolute Gasteiger partial charge is 0.379 e. The fourth-order valence-corrected chi connectivity index (χ4v) is 1.60. The molecule has 0 aromatic carbocycles. The number of ether oxygens (including phenoxy) is 1. The van der Waals surface area contributed by atoms with E-state index in [1.54, 1.807) is 7.11 Å². The number of alkyl halides is 3. The minimum Gasteiger partial charge on any atom is -0.379 e. The number of methoxy groups -OCH3 is 1. The van der Waals surface area contributed by atoms with Gasteiger partial charge in [0.2, 0.25) is 0 Å². The largest absolute Gasteiger partial charge is 0.389 e. The summed E-state index contributed by atoms with van der Waals surface area (Å²) in [6, 6.07) is -0.0870. The van der Waals surface area contributed by atoms with Crippen molar-refractivity contribution in [2.24, 2.45) is 0 Å². The molecule has 1 N–H and O–H groups in total. The molecule has 0 fully saturated rings. The first-order valence-corrected chi connectivity index (χ1v) is 6.05. The van der Waals surface area contributed by atoms with Crippen molar-refractivity contribution in [3.05, 3.63) is 0 Å². The molecule has 0 bridgehead atoms. The zero-order valence-electron chi connectivity index (χ0n) is 11.2. The topological polar surface area (TPSA) is 21.3 Å². The standard InChI is InChI=1S/C12H24F3NO/c1-5-16-10(7-9-12(13,14)15)6-8-11(2,3)17-4/h10,16H,5-9H2,1-4H3. The molecule has 0 aromatic rings. The molecular formula is C12H24F3NO. The summed E-state index contributed by atoms with van der Waals surface area (Å²) in [6.45, 7) is 6.48. The number of rotatable bonds is 8. The molecule has 0 aromatic heterocycles. The van der Waals surface area contributed by atoms with E-state index < -0.39 is 12.6 Å². The van der Waals surface area contributed by atoms with Crippen LogP contribution in [-0.4, -0.2) is 31.5 Å². The summed E-state index contributed by atoms with van der Waals surface area (Å²) in [5.41, 5.74) is -0.272. The zero-order valence-corrected chi connectivity index (χ0v) is 11.2. The normalized spacial score (nSPS) is 15.0. The van der Waals surface area contributed by atoms with Crippen LogP contribution < -0.4 is 5.32 Å². The molecule has 0 aliphatic carbocycles. The van der Waals surface area contributed by atoms with Gasteiger partial charge in [-0.3, -0.25) is 0 Å². The van der Waals surface area contributed by atoms with Gasteiger partial charge in [0.25, 0.3) is 0 Å². The molecule has 0 radical (unpaired) electrons. The Balaban J connectivity index is 4.07. The van der Waals surface area contributed by atoms with Gasteiger partial charge in [0.15, 0.2) is 0 Å². The van der Waals surface area contributed by atoms with Crippen LogP contribution in [0.3, 0.4) is 0 Å². The Morgan fingerprint density at radius 2 is 1.65 bits per heavy atom. The Morgan fingerprint density at radius 1 is 1.12 bits per heavy atom.